The van der Waals surface area contributed by atoms with Crippen LogP contribution in [-0.2, 0) is 16.1 Å². The number of hydrogen-bond acceptors (Lipinski definition) is 4. The molecular formula is C16H17N2O4+. The second kappa shape index (κ2) is 6.03. The Balaban J connectivity index is 1.70. The lowest BCUT2D eigenvalue weighted by Gasteiger charge is -2.14. The van der Waals surface area contributed by atoms with E-state index in [9.17, 15) is 9.59 Å². The third kappa shape index (κ3) is 2.73. The molecule has 2 amide bonds. The average Bonchev–Trinajstić information content (AvgIpc) is 3.14. The van der Waals surface area contributed by atoms with Crippen molar-refractivity contribution in [2.45, 2.75) is 19.0 Å². The van der Waals surface area contributed by atoms with Crippen molar-refractivity contribution < 1.29 is 24.1 Å². The van der Waals surface area contributed by atoms with Gasteiger partial charge >= 0.3 is 0 Å². The summed E-state index contributed by atoms with van der Waals surface area (Å²) in [5, 5.41) is 1.84. The first-order valence-corrected chi connectivity index (χ1v) is 7.05. The molecule has 1 aromatic carbocycles. The van der Waals surface area contributed by atoms with Crippen LogP contribution in [0, 0.1) is 0 Å². The smallest absolute Gasteiger partial charge is 0.292 e. The van der Waals surface area contributed by atoms with Gasteiger partial charge in [-0.1, -0.05) is 0 Å². The molecule has 1 aliphatic heterocycles. The van der Waals surface area contributed by atoms with Crippen LogP contribution < -0.4 is 15.0 Å². The van der Waals surface area contributed by atoms with E-state index in [4.69, 9.17) is 9.15 Å². The van der Waals surface area contributed by atoms with Crippen molar-refractivity contribution in [2.24, 2.45) is 0 Å². The standard InChI is InChI=1S/C16H16N2O4/c1-21-12-6-4-11(5-7-12)18-15(19)9-14(16(18)20)17-10-13-3-2-8-22-13/h2-8,14,17H,9-10H2,1H3/p+1/t14-/m0/s1. The highest BCUT2D eigenvalue weighted by Gasteiger charge is 2.42. The Morgan fingerprint density at radius 2 is 2.05 bits per heavy atom. The van der Waals surface area contributed by atoms with Crippen molar-refractivity contribution >= 4 is 17.5 Å². The number of quaternary nitrogens is 1. The highest BCUT2D eigenvalue weighted by Crippen LogP contribution is 2.24. The third-order valence-corrected chi connectivity index (χ3v) is 3.70. The van der Waals surface area contributed by atoms with Gasteiger partial charge in [0.25, 0.3) is 5.91 Å². The summed E-state index contributed by atoms with van der Waals surface area (Å²) in [5.41, 5.74) is 0.574. The van der Waals surface area contributed by atoms with Crippen LogP contribution in [-0.4, -0.2) is 25.0 Å². The fraction of sp³-hybridized carbons (Fsp3) is 0.250. The van der Waals surface area contributed by atoms with E-state index in [1.165, 1.54) is 4.90 Å². The Bertz CT molecular complexity index is 664. The minimum atomic E-state index is -0.403. The molecular weight excluding hydrogens is 284 g/mol. The van der Waals surface area contributed by atoms with Gasteiger partial charge in [-0.3, -0.25) is 9.59 Å². The van der Waals surface area contributed by atoms with Crippen LogP contribution in [0.15, 0.2) is 47.1 Å². The summed E-state index contributed by atoms with van der Waals surface area (Å²) in [7, 11) is 1.57. The van der Waals surface area contributed by atoms with Crippen LogP contribution in [0.2, 0.25) is 0 Å². The number of furan rings is 1. The Kier molecular flexibility index (Phi) is 3.93. The molecule has 22 heavy (non-hydrogen) atoms. The van der Waals surface area contributed by atoms with Crippen LogP contribution in [0.4, 0.5) is 5.69 Å². The first kappa shape index (κ1) is 14.3. The largest absolute Gasteiger partial charge is 0.497 e. The average molecular weight is 301 g/mol. The number of hydrogen-bond donors (Lipinski definition) is 1. The summed E-state index contributed by atoms with van der Waals surface area (Å²) in [6.45, 7) is 0.535. The highest BCUT2D eigenvalue weighted by molar-refractivity contribution is 6.21. The van der Waals surface area contributed by atoms with Gasteiger partial charge in [0, 0.05) is 0 Å². The lowest BCUT2D eigenvalue weighted by molar-refractivity contribution is -0.691. The summed E-state index contributed by atoms with van der Waals surface area (Å²) >= 11 is 0. The van der Waals surface area contributed by atoms with Gasteiger partial charge in [-0.05, 0) is 36.4 Å². The highest BCUT2D eigenvalue weighted by atomic mass is 16.5. The fourth-order valence-corrected chi connectivity index (χ4v) is 2.53. The van der Waals surface area contributed by atoms with E-state index >= 15 is 0 Å². The quantitative estimate of drug-likeness (QED) is 0.824. The predicted molar refractivity (Wildman–Crippen MR) is 78.2 cm³/mol. The van der Waals surface area contributed by atoms with Gasteiger partial charge in [-0.15, -0.1) is 0 Å². The zero-order chi connectivity index (χ0) is 15.5. The number of rotatable bonds is 5. The van der Waals surface area contributed by atoms with Crippen LogP contribution in [0.1, 0.15) is 12.2 Å². The number of amides is 2. The van der Waals surface area contributed by atoms with Crippen molar-refractivity contribution in [2.75, 3.05) is 12.0 Å². The summed E-state index contributed by atoms with van der Waals surface area (Å²) in [6, 6.07) is 10.1. The number of nitrogens with zero attached hydrogens (tertiary/aromatic N) is 1. The van der Waals surface area contributed by atoms with Crippen molar-refractivity contribution in [3.8, 4) is 5.75 Å². The van der Waals surface area contributed by atoms with Gasteiger partial charge in [-0.25, -0.2) is 4.90 Å². The Labute approximate surface area is 127 Å². The number of ether oxygens (including phenoxy) is 1. The third-order valence-electron chi connectivity index (χ3n) is 3.70. The summed E-state index contributed by atoms with van der Waals surface area (Å²) < 4.78 is 10.3. The van der Waals surface area contributed by atoms with E-state index < -0.39 is 6.04 Å². The molecule has 2 N–H and O–H groups in total. The molecule has 3 rings (SSSR count). The van der Waals surface area contributed by atoms with Crippen LogP contribution in [0.3, 0.4) is 0 Å². The number of anilines is 1. The van der Waals surface area contributed by atoms with Crippen LogP contribution in [0.25, 0.3) is 0 Å². The molecule has 1 aliphatic rings. The summed E-state index contributed by atoms with van der Waals surface area (Å²) in [4.78, 5) is 25.8. The van der Waals surface area contributed by atoms with Gasteiger partial charge in [0.1, 0.15) is 12.3 Å². The molecule has 0 aliphatic carbocycles. The van der Waals surface area contributed by atoms with E-state index in [1.807, 2.05) is 11.4 Å². The lowest BCUT2D eigenvalue weighted by Crippen LogP contribution is -2.90. The maximum absolute atomic E-state index is 12.4. The molecule has 0 unspecified atom stereocenters. The maximum atomic E-state index is 12.4. The number of nitrogens with two attached hydrogens (primary N) is 1. The second-order valence-corrected chi connectivity index (χ2v) is 5.10. The number of imide groups is 1. The van der Waals surface area contributed by atoms with Crippen molar-refractivity contribution in [3.05, 3.63) is 48.4 Å². The zero-order valence-corrected chi connectivity index (χ0v) is 12.2. The van der Waals surface area contributed by atoms with E-state index in [2.05, 4.69) is 0 Å². The molecule has 6 nitrogen and oxygen atoms in total. The minimum Gasteiger partial charge on any atom is -0.497 e. The Morgan fingerprint density at radius 1 is 1.27 bits per heavy atom. The summed E-state index contributed by atoms with van der Waals surface area (Å²) in [5.74, 6) is 1.09. The molecule has 114 valence electrons. The minimum absolute atomic E-state index is 0.184. The molecule has 0 saturated carbocycles. The monoisotopic (exact) mass is 301 g/mol. The molecule has 0 bridgehead atoms. The van der Waals surface area contributed by atoms with Crippen molar-refractivity contribution in [1.82, 2.24) is 0 Å². The number of carbonyl (C=O) groups excluding carboxylic acids is 2. The molecule has 2 aromatic rings. The van der Waals surface area contributed by atoms with Crippen molar-refractivity contribution in [1.29, 1.82) is 0 Å². The normalized spacial score (nSPS) is 18.0. The van der Waals surface area contributed by atoms with Gasteiger partial charge in [0.15, 0.2) is 11.8 Å². The molecule has 1 fully saturated rings. The first-order valence-electron chi connectivity index (χ1n) is 7.05. The Hall–Kier alpha value is -2.60. The molecule has 6 heteroatoms. The van der Waals surface area contributed by atoms with Crippen LogP contribution in [0.5, 0.6) is 5.75 Å². The SMILES string of the molecule is COc1ccc(N2C(=O)C[C@H]([NH2+]Cc3ccco3)C2=O)cc1. The maximum Gasteiger partial charge on any atom is 0.292 e. The Morgan fingerprint density at radius 3 is 2.68 bits per heavy atom. The van der Waals surface area contributed by atoms with E-state index in [0.717, 1.165) is 5.76 Å². The van der Waals surface area contributed by atoms with E-state index in [1.54, 1.807) is 43.7 Å². The molecule has 1 atom stereocenters. The fourth-order valence-electron chi connectivity index (χ4n) is 2.53. The van der Waals surface area contributed by atoms with Gasteiger partial charge in [-0.2, -0.15) is 0 Å². The topological polar surface area (TPSA) is 76.4 Å². The first-order chi connectivity index (χ1) is 10.7. The van der Waals surface area contributed by atoms with Crippen LogP contribution >= 0.6 is 0 Å². The second-order valence-electron chi connectivity index (χ2n) is 5.10. The van der Waals surface area contributed by atoms with Gasteiger partial charge < -0.3 is 14.5 Å². The molecule has 0 radical (unpaired) electrons. The van der Waals surface area contributed by atoms with E-state index in [-0.39, 0.29) is 18.2 Å². The molecule has 0 spiro atoms. The van der Waals surface area contributed by atoms with Crippen molar-refractivity contribution in [3.63, 3.8) is 0 Å². The van der Waals surface area contributed by atoms with Gasteiger partial charge in [0.2, 0.25) is 5.91 Å². The lowest BCUT2D eigenvalue weighted by atomic mass is 10.2. The molecule has 2 heterocycles. The number of carbonyl (C=O) groups is 2. The van der Waals surface area contributed by atoms with Gasteiger partial charge in [0.05, 0.1) is 25.5 Å². The zero-order valence-electron chi connectivity index (χ0n) is 12.2. The molecule has 1 saturated heterocycles. The molecule has 1 aromatic heterocycles. The predicted octanol–water partition coefficient (Wildman–Crippen LogP) is 0.684. The number of benzene rings is 1. The summed E-state index contributed by atoms with van der Waals surface area (Å²) in [6.07, 6.45) is 1.79. The number of methoxy groups -OCH3 is 1. The van der Waals surface area contributed by atoms with E-state index in [0.29, 0.717) is 18.0 Å².